The number of ether oxygens (including phenoxy) is 1. The fourth-order valence-electron chi connectivity index (χ4n) is 3.26. The van der Waals surface area contributed by atoms with Crippen molar-refractivity contribution in [3.8, 4) is 17.1 Å². The van der Waals surface area contributed by atoms with Crippen LogP contribution in [-0.4, -0.2) is 32.6 Å². The highest BCUT2D eigenvalue weighted by atomic mass is 35.5. The van der Waals surface area contributed by atoms with Gasteiger partial charge >= 0.3 is 0 Å². The van der Waals surface area contributed by atoms with E-state index in [2.05, 4.69) is 20.7 Å². The molecule has 0 aliphatic heterocycles. The van der Waals surface area contributed by atoms with E-state index in [1.54, 1.807) is 6.21 Å². The maximum absolute atomic E-state index is 12.3. The second-order valence-electron chi connectivity index (χ2n) is 7.49. The van der Waals surface area contributed by atoms with E-state index in [1.807, 2.05) is 90.4 Å². The number of nitrogens with one attached hydrogen (secondary N) is 1. The van der Waals surface area contributed by atoms with Crippen molar-refractivity contribution in [3.05, 3.63) is 95.0 Å². The first-order chi connectivity index (χ1) is 17.1. The van der Waals surface area contributed by atoms with Crippen LogP contribution < -0.4 is 10.2 Å². The first-order valence-electron chi connectivity index (χ1n) is 11.0. The smallest absolute Gasteiger partial charge is 0.250 e. The fraction of sp³-hybridized carbons (Fsp3) is 0.154. The Kier molecular flexibility index (Phi) is 8.53. The van der Waals surface area contributed by atoms with Crippen molar-refractivity contribution < 1.29 is 9.53 Å². The normalized spacial score (nSPS) is 11.0. The minimum Gasteiger partial charge on any atom is -0.489 e. The van der Waals surface area contributed by atoms with Crippen LogP contribution in [0.5, 0.6) is 5.75 Å². The van der Waals surface area contributed by atoms with Crippen LogP contribution in [-0.2, 0) is 17.9 Å². The highest BCUT2D eigenvalue weighted by Crippen LogP contribution is 2.25. The lowest BCUT2D eigenvalue weighted by atomic mass is 10.2. The van der Waals surface area contributed by atoms with Crippen LogP contribution in [0, 0.1) is 0 Å². The van der Waals surface area contributed by atoms with Crippen LogP contribution in [0.2, 0.25) is 5.02 Å². The van der Waals surface area contributed by atoms with Crippen molar-refractivity contribution in [1.29, 1.82) is 0 Å². The first kappa shape index (κ1) is 24.5. The van der Waals surface area contributed by atoms with E-state index in [4.69, 9.17) is 16.3 Å². The number of nitrogens with zero attached hydrogens (tertiary/aromatic N) is 4. The molecule has 0 saturated carbocycles. The van der Waals surface area contributed by atoms with Crippen molar-refractivity contribution in [2.75, 3.05) is 5.75 Å². The lowest BCUT2D eigenvalue weighted by Gasteiger charge is -2.07. The van der Waals surface area contributed by atoms with E-state index in [9.17, 15) is 4.79 Å². The zero-order valence-corrected chi connectivity index (χ0v) is 20.7. The van der Waals surface area contributed by atoms with E-state index in [0.29, 0.717) is 23.3 Å². The summed E-state index contributed by atoms with van der Waals surface area (Å²) in [6.07, 6.45) is 1.59. The molecule has 1 N–H and O–H groups in total. The average molecular weight is 506 g/mol. The van der Waals surface area contributed by atoms with Gasteiger partial charge in [-0.25, -0.2) is 5.43 Å². The standard InChI is InChI=1S/C26H24ClN5O2S/c1-2-32-25(21-11-13-22(27)14-12-21)30-31-26(32)35-18-24(33)29-28-16-20-9-6-10-23(15-20)34-17-19-7-4-3-5-8-19/h3-16H,2,17-18H2,1H3,(H,29,33)/b28-16+. The van der Waals surface area contributed by atoms with Gasteiger partial charge < -0.3 is 9.30 Å². The van der Waals surface area contributed by atoms with Gasteiger partial charge in [0.25, 0.3) is 5.91 Å². The third kappa shape index (κ3) is 6.94. The number of amides is 1. The van der Waals surface area contributed by atoms with Gasteiger partial charge in [-0.1, -0.05) is 65.8 Å². The molecule has 0 saturated heterocycles. The Labute approximate surface area is 213 Å². The number of hydrogen-bond donors (Lipinski definition) is 1. The van der Waals surface area contributed by atoms with Crippen molar-refractivity contribution in [2.45, 2.75) is 25.2 Å². The van der Waals surface area contributed by atoms with Crippen LogP contribution in [0.1, 0.15) is 18.1 Å². The molecule has 1 aromatic heterocycles. The summed E-state index contributed by atoms with van der Waals surface area (Å²) in [7, 11) is 0. The molecule has 4 aromatic rings. The summed E-state index contributed by atoms with van der Waals surface area (Å²) in [6, 6.07) is 24.9. The number of benzene rings is 3. The van der Waals surface area contributed by atoms with Gasteiger partial charge in [-0.2, -0.15) is 5.10 Å². The quantitative estimate of drug-likeness (QED) is 0.176. The maximum atomic E-state index is 12.3. The van der Waals surface area contributed by atoms with Gasteiger partial charge in [0.1, 0.15) is 12.4 Å². The minimum absolute atomic E-state index is 0.163. The van der Waals surface area contributed by atoms with Gasteiger partial charge in [-0.15, -0.1) is 10.2 Å². The highest BCUT2D eigenvalue weighted by molar-refractivity contribution is 7.99. The number of rotatable bonds is 10. The molecule has 0 radical (unpaired) electrons. The summed E-state index contributed by atoms with van der Waals surface area (Å²) in [4.78, 5) is 12.3. The molecule has 1 amide bonds. The number of aromatic nitrogens is 3. The Hall–Kier alpha value is -3.62. The second kappa shape index (κ2) is 12.2. The fourth-order valence-corrected chi connectivity index (χ4v) is 4.18. The topological polar surface area (TPSA) is 81.4 Å². The zero-order chi connectivity index (χ0) is 24.5. The van der Waals surface area contributed by atoms with E-state index in [-0.39, 0.29) is 11.7 Å². The van der Waals surface area contributed by atoms with E-state index in [1.165, 1.54) is 11.8 Å². The monoisotopic (exact) mass is 505 g/mol. The predicted octanol–water partition coefficient (Wildman–Crippen LogP) is 5.44. The number of carbonyl (C=O) groups excluding carboxylic acids is 1. The average Bonchev–Trinajstić information content (AvgIpc) is 3.30. The van der Waals surface area contributed by atoms with Crippen molar-refractivity contribution in [2.24, 2.45) is 5.10 Å². The minimum atomic E-state index is -0.235. The Morgan fingerprint density at radius 2 is 1.89 bits per heavy atom. The lowest BCUT2D eigenvalue weighted by molar-refractivity contribution is -0.118. The molecular formula is C26H24ClN5O2S. The summed E-state index contributed by atoms with van der Waals surface area (Å²) in [5, 5.41) is 13.9. The highest BCUT2D eigenvalue weighted by Gasteiger charge is 2.14. The SMILES string of the molecule is CCn1c(SCC(=O)N/N=C/c2cccc(OCc3ccccc3)c2)nnc1-c1ccc(Cl)cc1. The number of halogens is 1. The third-order valence-corrected chi connectivity index (χ3v) is 6.20. The molecule has 0 bridgehead atoms. The van der Waals surface area contributed by atoms with Crippen molar-refractivity contribution in [3.63, 3.8) is 0 Å². The molecule has 9 heteroatoms. The molecule has 4 rings (SSSR count). The molecule has 0 unspecified atom stereocenters. The number of hydrazone groups is 1. The molecule has 0 fully saturated rings. The van der Waals surface area contributed by atoms with Crippen LogP contribution in [0.25, 0.3) is 11.4 Å². The molecule has 0 atom stereocenters. The van der Waals surface area contributed by atoms with E-state index < -0.39 is 0 Å². The summed E-state index contributed by atoms with van der Waals surface area (Å²) >= 11 is 7.29. The van der Waals surface area contributed by atoms with Gasteiger partial charge in [-0.05, 0) is 54.4 Å². The van der Waals surface area contributed by atoms with Gasteiger partial charge in [0, 0.05) is 17.1 Å². The third-order valence-electron chi connectivity index (χ3n) is 4.98. The van der Waals surface area contributed by atoms with Crippen LogP contribution in [0.4, 0.5) is 0 Å². The summed E-state index contributed by atoms with van der Waals surface area (Å²) in [6.45, 7) is 3.17. The lowest BCUT2D eigenvalue weighted by Crippen LogP contribution is -2.20. The zero-order valence-electron chi connectivity index (χ0n) is 19.1. The van der Waals surface area contributed by atoms with Crippen LogP contribution in [0.3, 0.4) is 0 Å². The molecule has 0 aliphatic carbocycles. The van der Waals surface area contributed by atoms with Crippen molar-refractivity contribution >= 4 is 35.5 Å². The molecule has 178 valence electrons. The van der Waals surface area contributed by atoms with Gasteiger partial charge in [0.05, 0.1) is 12.0 Å². The number of hydrogen-bond acceptors (Lipinski definition) is 6. The summed E-state index contributed by atoms with van der Waals surface area (Å²) in [5.74, 6) is 1.40. The molecule has 0 aliphatic rings. The van der Waals surface area contributed by atoms with Gasteiger partial charge in [0.15, 0.2) is 11.0 Å². The molecule has 0 spiro atoms. The van der Waals surface area contributed by atoms with Crippen LogP contribution in [0.15, 0.2) is 89.1 Å². The van der Waals surface area contributed by atoms with Gasteiger partial charge in [-0.3, -0.25) is 4.79 Å². The van der Waals surface area contributed by atoms with E-state index in [0.717, 1.165) is 28.3 Å². The maximum Gasteiger partial charge on any atom is 0.250 e. The van der Waals surface area contributed by atoms with Crippen molar-refractivity contribution in [1.82, 2.24) is 20.2 Å². The molecular weight excluding hydrogens is 482 g/mol. The Morgan fingerprint density at radius 3 is 2.66 bits per heavy atom. The van der Waals surface area contributed by atoms with E-state index >= 15 is 0 Å². The Balaban J connectivity index is 1.29. The Bertz CT molecular complexity index is 1290. The molecule has 35 heavy (non-hydrogen) atoms. The second-order valence-corrected chi connectivity index (χ2v) is 8.86. The molecule has 3 aromatic carbocycles. The largest absolute Gasteiger partial charge is 0.489 e. The van der Waals surface area contributed by atoms with Gasteiger partial charge in [0.2, 0.25) is 0 Å². The Morgan fingerprint density at radius 1 is 1.09 bits per heavy atom. The predicted molar refractivity (Wildman–Crippen MR) is 140 cm³/mol. The molecule has 1 heterocycles. The first-order valence-corrected chi connectivity index (χ1v) is 12.4. The number of carbonyl (C=O) groups is 1. The number of thioether (sulfide) groups is 1. The summed E-state index contributed by atoms with van der Waals surface area (Å²) < 4.78 is 7.80. The van der Waals surface area contributed by atoms with Crippen LogP contribution >= 0.6 is 23.4 Å². The molecule has 7 nitrogen and oxygen atoms in total. The summed E-state index contributed by atoms with van der Waals surface area (Å²) in [5.41, 5.74) is 5.39.